The van der Waals surface area contributed by atoms with Crippen molar-refractivity contribution in [2.45, 2.75) is 102 Å². The molecule has 0 radical (unpaired) electrons. The Labute approximate surface area is 545 Å². The maximum Gasteiger partial charge on any atom is 0.488 e. The van der Waals surface area contributed by atoms with Crippen molar-refractivity contribution in [3.63, 3.8) is 0 Å². The number of nitrogens with zero attached hydrogens (tertiary/aromatic N) is 4. The van der Waals surface area contributed by atoms with Crippen LogP contribution in [0.4, 0.5) is 0 Å². The number of nitrogens with one attached hydrogen (secondary N) is 2. The van der Waals surface area contributed by atoms with Crippen LogP contribution in [-0.2, 0) is 96.5 Å². The predicted molar refractivity (Wildman–Crippen MR) is 326 cm³/mol. The van der Waals surface area contributed by atoms with E-state index >= 15 is 0 Å². The third-order valence-electron chi connectivity index (χ3n) is 13.0. The Morgan fingerprint density at radius 2 is 0.990 bits per heavy atom. The number of benzene rings is 3. The summed E-state index contributed by atoms with van der Waals surface area (Å²) in [6, 6.07) is 29.0. The molecular formula is C53H65N6O33P5. The summed E-state index contributed by atoms with van der Waals surface area (Å²) in [4.78, 5) is 155. The first kappa shape index (κ1) is 77.4. The first-order chi connectivity index (χ1) is 45.7. The van der Waals surface area contributed by atoms with E-state index in [1.807, 2.05) is 35.3 Å². The van der Waals surface area contributed by atoms with Gasteiger partial charge in [-0.15, -0.1) is 0 Å². The Bertz CT molecular complexity index is 4250. The monoisotopic (exact) mass is 1470 g/mol. The number of rotatable bonds is 28. The lowest BCUT2D eigenvalue weighted by Gasteiger charge is -2.22. The largest absolute Gasteiger partial charge is 0.488 e. The first-order valence-corrected chi connectivity index (χ1v) is 36.7. The topological polar surface area (TPSA) is 535 Å². The molecule has 39 nitrogen and oxygen atoms in total. The summed E-state index contributed by atoms with van der Waals surface area (Å²) in [7, 11) is -24.2. The summed E-state index contributed by atoms with van der Waals surface area (Å²) in [6.07, 6.45) is -9.94. The molecule has 0 spiro atoms. The molecule has 0 aliphatic carbocycles. The number of aliphatic hydroxyl groups is 1. The van der Waals surface area contributed by atoms with Crippen molar-refractivity contribution in [2.75, 3.05) is 32.3 Å². The highest BCUT2D eigenvalue weighted by atomic mass is 31.3. The quantitative estimate of drug-likeness (QED) is 0.0252. The fourth-order valence-corrected chi connectivity index (χ4v) is 14.0. The van der Waals surface area contributed by atoms with Gasteiger partial charge >= 0.3 is 67.4 Å². The molecule has 3 aromatic heterocycles. The number of carbonyl (C=O) groups excluding carboxylic acids is 2. The predicted octanol–water partition coefficient (Wildman–Crippen LogP) is 2.58. The third-order valence-corrected chi connectivity index (χ3v) is 19.2. The van der Waals surface area contributed by atoms with Gasteiger partial charge in [0.2, 0.25) is 0 Å². The van der Waals surface area contributed by atoms with Gasteiger partial charge in [0.15, 0.2) is 68.8 Å². The van der Waals surface area contributed by atoms with Crippen LogP contribution in [0.3, 0.4) is 0 Å². The molecule has 0 saturated carbocycles. The molecular weight excluding hydrogens is 1400 g/mol. The van der Waals surface area contributed by atoms with Crippen molar-refractivity contribution < 1.29 is 127 Å². The van der Waals surface area contributed by atoms with E-state index in [0.29, 0.717) is 5.56 Å². The summed E-state index contributed by atoms with van der Waals surface area (Å²) >= 11 is 0. The van der Waals surface area contributed by atoms with Crippen molar-refractivity contribution >= 4 is 50.4 Å². The van der Waals surface area contributed by atoms with Crippen molar-refractivity contribution in [2.24, 2.45) is 0 Å². The lowest BCUT2D eigenvalue weighted by molar-refractivity contribution is -0.149. The number of aliphatic hydroxyl groups excluding tert-OH is 1. The second kappa shape index (κ2) is 34.7. The van der Waals surface area contributed by atoms with Crippen LogP contribution in [0.2, 0.25) is 0 Å². The summed E-state index contributed by atoms with van der Waals surface area (Å²) in [5.74, 6) is -1.31. The van der Waals surface area contributed by atoms with Gasteiger partial charge < -0.3 is 86.1 Å². The van der Waals surface area contributed by atoms with Crippen LogP contribution in [0.25, 0.3) is 0 Å². The average molecular weight is 1470 g/mol. The lowest BCUT2D eigenvalue weighted by atomic mass is 10.2. The Kier molecular flexibility index (Phi) is 27.7. The number of carbonyl (C=O) groups is 2. The van der Waals surface area contributed by atoms with E-state index in [0.717, 1.165) is 42.2 Å². The van der Waals surface area contributed by atoms with Crippen LogP contribution < -0.4 is 33.7 Å². The number of esters is 2. The SMILES string of the molecule is CCOP(=O)(CO[C@@H]1C[C@@H](OC(=O)c2ccccc2)[C@H](n2ccc(=O)n(COCc3ccccc3)c2=O)O1)OCC.O=C(O[C@@H]1C[C@@H](OCP(=O)(O)O)O[C@H]1n1ccc(=O)[nH]c1=O)c1ccccc1.O=c1ccn([C@@H]2O[C@H](OCP(=O)(O)OP(=O)(O)OP(=O)(O)O)C[C@@H]2O)c(=O)[nH]1. The maximum absolute atomic E-state index is 13.4. The van der Waals surface area contributed by atoms with Crippen molar-refractivity contribution in [3.8, 4) is 0 Å². The molecule has 3 aromatic carbocycles. The molecule has 3 aliphatic rings. The van der Waals surface area contributed by atoms with Crippen molar-refractivity contribution in [1.82, 2.24) is 28.2 Å². The van der Waals surface area contributed by atoms with Gasteiger partial charge in [0, 0.05) is 56.1 Å². The van der Waals surface area contributed by atoms with Crippen LogP contribution in [0.1, 0.15) is 78.1 Å². The molecule has 0 bridgehead atoms. The van der Waals surface area contributed by atoms with Crippen LogP contribution in [0.15, 0.2) is 157 Å². The number of phosphoric acid groups is 2. The zero-order chi connectivity index (χ0) is 70.9. The molecule has 3 aliphatic heterocycles. The van der Waals surface area contributed by atoms with E-state index in [2.05, 4.69) is 13.6 Å². The average Bonchev–Trinajstić information content (AvgIpc) is 1.72. The van der Waals surface area contributed by atoms with Gasteiger partial charge in [0.05, 0.1) is 30.9 Å². The van der Waals surface area contributed by atoms with E-state index in [9.17, 15) is 71.2 Å². The van der Waals surface area contributed by atoms with Crippen LogP contribution in [0, 0.1) is 0 Å². The zero-order valence-corrected chi connectivity index (χ0v) is 55.1. The van der Waals surface area contributed by atoms with Gasteiger partial charge in [-0.1, -0.05) is 66.7 Å². The highest BCUT2D eigenvalue weighted by Gasteiger charge is 2.45. The molecule has 11 atom stereocenters. The standard InChI is InChI=1S/C28H33N2O10P.C16H17N2O9P.C9H15N2O14P3/c1-3-37-41(34,38-4-2)20-36-25-17-23(39-27(32)22-13-9-6-10-14-22)26(40-25)29-16-15-24(31)30(28(29)33)19-35-18-21-11-7-5-8-12-21;19-12-6-7-18(16(21)17-12)14-11(8-13(27-14)25-9-28(22,23)24)26-15(20)10-4-2-1-3-5-10;12-5-3-7(23-8(5)11-2-1-6(13)10-9(11)14)22-4-26(15,16)24-28(20,21)25-27(17,18)19/h5-16,23,25-26H,3-4,17-20H2,1-2H3;1-7,11,13-14H,8-9H2,(H,17,19,21)(H2,22,23,24);1-2,5,7-8,12H,3-4H2,(H,15,16)(H,20,21)(H,10,13,14)(H2,17,18,19)/t23-,25+,26-;11-,13+,14-;5-,7-,8+/m110/s1. The summed E-state index contributed by atoms with van der Waals surface area (Å²) in [5.41, 5.74) is -2.85. The molecule has 6 heterocycles. The minimum absolute atomic E-state index is 0.0115. The van der Waals surface area contributed by atoms with Crippen LogP contribution in [-0.4, -0.2) is 144 Å². The maximum atomic E-state index is 13.4. The molecule has 44 heteroatoms. The zero-order valence-electron chi connectivity index (χ0n) is 50.7. The van der Waals surface area contributed by atoms with Crippen LogP contribution in [0.5, 0.6) is 0 Å². The summed E-state index contributed by atoms with van der Waals surface area (Å²) in [5, 5.41) is 9.94. The van der Waals surface area contributed by atoms with Gasteiger partial charge in [-0.05, 0) is 43.7 Å². The Morgan fingerprint density at radius 3 is 1.47 bits per heavy atom. The summed E-state index contributed by atoms with van der Waals surface area (Å²) < 4.78 is 128. The number of hydrogen-bond donors (Lipinski definition) is 9. The fourth-order valence-electron chi connectivity index (χ4n) is 8.96. The highest BCUT2D eigenvalue weighted by molar-refractivity contribution is 7.68. The molecule has 97 heavy (non-hydrogen) atoms. The van der Waals surface area contributed by atoms with Gasteiger partial charge in [-0.25, -0.2) is 42.0 Å². The normalized spacial score (nSPS) is 22.2. The van der Waals surface area contributed by atoms with Crippen molar-refractivity contribution in [1.29, 1.82) is 0 Å². The second-order valence-electron chi connectivity index (χ2n) is 20.3. The number of H-pyrrole nitrogens is 2. The second-order valence-corrected chi connectivity index (χ2v) is 28.6. The lowest BCUT2D eigenvalue weighted by Crippen LogP contribution is -2.43. The molecule has 9 N–H and O–H groups in total. The molecule has 3 fully saturated rings. The molecule has 3 saturated heterocycles. The van der Waals surface area contributed by atoms with E-state index in [1.165, 1.54) is 18.5 Å². The third kappa shape index (κ3) is 23.9. The first-order valence-electron chi connectivity index (χ1n) is 28.4. The minimum Gasteiger partial charge on any atom is -0.454 e. The summed E-state index contributed by atoms with van der Waals surface area (Å²) in [6.45, 7) is 3.54. The molecule has 9 rings (SSSR count). The Balaban J connectivity index is 0.000000211. The van der Waals surface area contributed by atoms with E-state index in [1.54, 1.807) is 74.5 Å². The van der Waals surface area contributed by atoms with E-state index in [4.69, 9.17) is 76.1 Å². The number of aromatic amines is 2. The van der Waals surface area contributed by atoms with Gasteiger partial charge in [0.25, 0.3) is 16.7 Å². The Morgan fingerprint density at radius 1 is 0.546 bits per heavy atom. The fraction of sp³-hybridized carbons (Fsp3) is 0.396. The number of ether oxygens (including phenoxy) is 9. The highest BCUT2D eigenvalue weighted by Crippen LogP contribution is 2.66. The van der Waals surface area contributed by atoms with E-state index < -0.39 is 159 Å². The van der Waals surface area contributed by atoms with Crippen molar-refractivity contribution in [3.05, 3.63) is 207 Å². The molecule has 0 amide bonds. The number of aromatic nitrogens is 6. The number of hydrogen-bond acceptors (Lipinski definition) is 27. The minimum atomic E-state index is -5.61. The van der Waals surface area contributed by atoms with Gasteiger partial charge in [-0.2, -0.15) is 4.31 Å². The van der Waals surface area contributed by atoms with Crippen LogP contribution >= 0.6 is 38.4 Å². The molecule has 530 valence electrons. The molecule has 6 aromatic rings. The van der Waals surface area contributed by atoms with E-state index in [-0.39, 0.29) is 51.4 Å². The Hall–Kier alpha value is -6.93. The molecule has 2 unspecified atom stereocenters. The smallest absolute Gasteiger partial charge is 0.454 e. The van der Waals surface area contributed by atoms with Gasteiger partial charge in [0.1, 0.15) is 12.8 Å². The van der Waals surface area contributed by atoms with Gasteiger partial charge in [-0.3, -0.25) is 51.7 Å².